The second kappa shape index (κ2) is 9.13. The molecule has 0 aliphatic heterocycles. The molecule has 2 rings (SSSR count). The number of phenolic OH excluding ortho intramolecular Hbond substituents is 1. The molecule has 6 heteroatoms. The summed E-state index contributed by atoms with van der Waals surface area (Å²) in [6.45, 7) is 6.14. The molecule has 0 fully saturated rings. The van der Waals surface area contributed by atoms with Crippen LogP contribution < -0.4 is 10.2 Å². The van der Waals surface area contributed by atoms with Gasteiger partial charge in [-0.15, -0.1) is 11.8 Å². The van der Waals surface area contributed by atoms with Crippen LogP contribution in [0, 0.1) is 6.92 Å². The molecular formula is C19H22N2O3S. The molecule has 25 heavy (non-hydrogen) atoms. The Hall–Kier alpha value is -2.47. The van der Waals surface area contributed by atoms with Crippen molar-refractivity contribution in [3.63, 3.8) is 0 Å². The number of amides is 1. The SMILES string of the molecule is CCOc1cccc(/C=N\NC(=O)[C@@H](C)Sc2ccc(C)cc2)c1O. The molecule has 1 amide bonds. The summed E-state index contributed by atoms with van der Waals surface area (Å²) in [5, 5.41) is 13.7. The highest BCUT2D eigenvalue weighted by Gasteiger charge is 2.13. The Labute approximate surface area is 152 Å². The molecule has 2 aromatic rings. The number of aromatic hydroxyl groups is 1. The van der Waals surface area contributed by atoms with Crippen LogP contribution in [0.5, 0.6) is 11.5 Å². The number of phenols is 1. The average Bonchev–Trinajstić information content (AvgIpc) is 2.60. The van der Waals surface area contributed by atoms with Crippen LogP contribution in [-0.4, -0.2) is 29.1 Å². The lowest BCUT2D eigenvalue weighted by Gasteiger charge is -2.10. The number of rotatable bonds is 7. The number of hydrogen-bond acceptors (Lipinski definition) is 5. The van der Waals surface area contributed by atoms with Crippen molar-refractivity contribution < 1.29 is 14.6 Å². The monoisotopic (exact) mass is 358 g/mol. The maximum absolute atomic E-state index is 12.1. The van der Waals surface area contributed by atoms with Gasteiger partial charge in [-0.1, -0.05) is 23.8 Å². The van der Waals surface area contributed by atoms with Gasteiger partial charge in [-0.2, -0.15) is 5.10 Å². The van der Waals surface area contributed by atoms with Crippen LogP contribution in [0.2, 0.25) is 0 Å². The number of thioether (sulfide) groups is 1. The second-order valence-corrected chi connectivity index (χ2v) is 6.85. The van der Waals surface area contributed by atoms with E-state index in [1.807, 2.05) is 45.0 Å². The molecule has 5 nitrogen and oxygen atoms in total. The van der Waals surface area contributed by atoms with Gasteiger partial charge < -0.3 is 9.84 Å². The normalized spacial score (nSPS) is 12.1. The minimum absolute atomic E-state index is 0.00410. The molecule has 0 saturated heterocycles. The van der Waals surface area contributed by atoms with Gasteiger partial charge in [-0.05, 0) is 45.0 Å². The number of carbonyl (C=O) groups is 1. The Morgan fingerprint density at radius 1 is 1.32 bits per heavy atom. The highest BCUT2D eigenvalue weighted by atomic mass is 32.2. The quantitative estimate of drug-likeness (QED) is 0.449. The van der Waals surface area contributed by atoms with Gasteiger partial charge in [0.05, 0.1) is 18.1 Å². The first-order valence-electron chi connectivity index (χ1n) is 8.02. The third-order valence-electron chi connectivity index (χ3n) is 3.41. The lowest BCUT2D eigenvalue weighted by Crippen LogP contribution is -2.26. The number of benzene rings is 2. The molecule has 0 aliphatic rings. The number of nitrogens with one attached hydrogen (secondary N) is 1. The van der Waals surface area contributed by atoms with E-state index in [2.05, 4.69) is 10.5 Å². The van der Waals surface area contributed by atoms with E-state index in [0.717, 1.165) is 4.90 Å². The Balaban J connectivity index is 1.93. The van der Waals surface area contributed by atoms with Gasteiger partial charge in [0, 0.05) is 10.5 Å². The number of aryl methyl sites for hydroxylation is 1. The van der Waals surface area contributed by atoms with Crippen molar-refractivity contribution in [2.45, 2.75) is 30.9 Å². The zero-order valence-corrected chi connectivity index (χ0v) is 15.3. The fourth-order valence-corrected chi connectivity index (χ4v) is 2.91. The molecule has 0 saturated carbocycles. The molecule has 0 heterocycles. The Morgan fingerprint density at radius 2 is 2.04 bits per heavy atom. The summed E-state index contributed by atoms with van der Waals surface area (Å²) in [7, 11) is 0. The molecular weight excluding hydrogens is 336 g/mol. The number of ether oxygens (including phenoxy) is 1. The standard InChI is InChI=1S/C19H22N2O3S/c1-4-24-17-7-5-6-15(18(17)22)12-20-21-19(23)14(3)25-16-10-8-13(2)9-11-16/h5-12,14,22H,4H2,1-3H3,(H,21,23)/b20-12-/t14-/m1/s1. The number of nitrogens with zero attached hydrogens (tertiary/aromatic N) is 1. The van der Waals surface area contributed by atoms with Crippen molar-refractivity contribution in [3.8, 4) is 11.5 Å². The first kappa shape index (κ1) is 18.9. The van der Waals surface area contributed by atoms with Crippen molar-refractivity contribution >= 4 is 23.9 Å². The summed E-state index contributed by atoms with van der Waals surface area (Å²) in [6.07, 6.45) is 1.40. The smallest absolute Gasteiger partial charge is 0.253 e. The molecule has 2 N–H and O–H groups in total. The predicted octanol–water partition coefficient (Wildman–Crippen LogP) is 3.73. The van der Waals surface area contributed by atoms with Gasteiger partial charge in [0.2, 0.25) is 0 Å². The Kier molecular flexibility index (Phi) is 6.89. The Bertz CT molecular complexity index is 745. The average molecular weight is 358 g/mol. The number of carbonyl (C=O) groups excluding carboxylic acids is 1. The van der Waals surface area contributed by atoms with Crippen molar-refractivity contribution in [1.29, 1.82) is 0 Å². The van der Waals surface area contributed by atoms with Crippen LogP contribution in [0.4, 0.5) is 0 Å². The van der Waals surface area contributed by atoms with Crippen LogP contribution in [0.1, 0.15) is 25.0 Å². The van der Waals surface area contributed by atoms with Gasteiger partial charge in [0.1, 0.15) is 0 Å². The third kappa shape index (κ3) is 5.53. The van der Waals surface area contributed by atoms with Crippen molar-refractivity contribution in [2.24, 2.45) is 5.10 Å². The van der Waals surface area contributed by atoms with Gasteiger partial charge in [0.25, 0.3) is 5.91 Å². The van der Waals surface area contributed by atoms with Crippen molar-refractivity contribution in [3.05, 3.63) is 53.6 Å². The topological polar surface area (TPSA) is 70.9 Å². The molecule has 2 aromatic carbocycles. The maximum atomic E-state index is 12.1. The van der Waals surface area contributed by atoms with E-state index in [9.17, 15) is 9.90 Å². The predicted molar refractivity (Wildman–Crippen MR) is 102 cm³/mol. The molecule has 0 spiro atoms. The van der Waals surface area contributed by atoms with E-state index >= 15 is 0 Å². The number of para-hydroxylation sites is 1. The summed E-state index contributed by atoms with van der Waals surface area (Å²) in [6, 6.07) is 13.1. The van der Waals surface area contributed by atoms with E-state index in [-0.39, 0.29) is 16.9 Å². The van der Waals surface area contributed by atoms with Crippen molar-refractivity contribution in [1.82, 2.24) is 5.43 Å². The van der Waals surface area contributed by atoms with E-state index in [1.165, 1.54) is 23.5 Å². The van der Waals surface area contributed by atoms with Crippen LogP contribution in [-0.2, 0) is 4.79 Å². The fraction of sp³-hybridized carbons (Fsp3) is 0.263. The minimum Gasteiger partial charge on any atom is -0.504 e. The van der Waals surface area contributed by atoms with Crippen LogP contribution >= 0.6 is 11.8 Å². The van der Waals surface area contributed by atoms with Crippen molar-refractivity contribution in [2.75, 3.05) is 6.61 Å². The van der Waals surface area contributed by atoms with Gasteiger partial charge in [-0.25, -0.2) is 5.43 Å². The van der Waals surface area contributed by atoms with Crippen LogP contribution in [0.15, 0.2) is 52.5 Å². The van der Waals surface area contributed by atoms with Gasteiger partial charge in [0.15, 0.2) is 11.5 Å². The fourth-order valence-electron chi connectivity index (χ4n) is 2.05. The Morgan fingerprint density at radius 3 is 2.72 bits per heavy atom. The zero-order valence-electron chi connectivity index (χ0n) is 14.5. The number of hydrazone groups is 1. The highest BCUT2D eigenvalue weighted by Crippen LogP contribution is 2.28. The summed E-state index contributed by atoms with van der Waals surface area (Å²) < 4.78 is 5.32. The largest absolute Gasteiger partial charge is 0.504 e. The maximum Gasteiger partial charge on any atom is 0.253 e. The third-order valence-corrected chi connectivity index (χ3v) is 4.52. The lowest BCUT2D eigenvalue weighted by molar-refractivity contribution is -0.120. The van der Waals surface area contributed by atoms with Crippen LogP contribution in [0.25, 0.3) is 0 Å². The lowest BCUT2D eigenvalue weighted by atomic mass is 10.2. The molecule has 0 bridgehead atoms. The summed E-state index contributed by atoms with van der Waals surface area (Å²) in [4.78, 5) is 13.2. The molecule has 0 unspecified atom stereocenters. The first-order valence-corrected chi connectivity index (χ1v) is 8.90. The molecule has 0 radical (unpaired) electrons. The summed E-state index contributed by atoms with van der Waals surface area (Å²) >= 11 is 1.46. The molecule has 132 valence electrons. The van der Waals surface area contributed by atoms with E-state index in [0.29, 0.717) is 17.9 Å². The van der Waals surface area contributed by atoms with E-state index in [4.69, 9.17) is 4.74 Å². The summed E-state index contributed by atoms with van der Waals surface area (Å²) in [5.74, 6) is 0.188. The highest BCUT2D eigenvalue weighted by molar-refractivity contribution is 8.00. The van der Waals surface area contributed by atoms with E-state index in [1.54, 1.807) is 18.2 Å². The molecule has 0 aromatic heterocycles. The van der Waals surface area contributed by atoms with Crippen LogP contribution in [0.3, 0.4) is 0 Å². The molecule has 1 atom stereocenters. The second-order valence-electron chi connectivity index (χ2n) is 5.43. The number of hydrogen-bond donors (Lipinski definition) is 2. The first-order chi connectivity index (χ1) is 12.0. The minimum atomic E-state index is -0.289. The molecule has 0 aliphatic carbocycles. The van der Waals surface area contributed by atoms with Gasteiger partial charge in [-0.3, -0.25) is 4.79 Å². The zero-order chi connectivity index (χ0) is 18.2. The van der Waals surface area contributed by atoms with Gasteiger partial charge >= 0.3 is 0 Å². The summed E-state index contributed by atoms with van der Waals surface area (Å²) in [5.41, 5.74) is 4.16. The van der Waals surface area contributed by atoms with E-state index < -0.39 is 0 Å².